The van der Waals surface area contributed by atoms with Crippen LogP contribution in [0.25, 0.3) is 10.9 Å². The minimum Gasteiger partial charge on any atom is -0.377 e. The van der Waals surface area contributed by atoms with Crippen LogP contribution < -0.4 is 15.6 Å². The zero-order valence-electron chi connectivity index (χ0n) is 15.9. The maximum absolute atomic E-state index is 12.5. The summed E-state index contributed by atoms with van der Waals surface area (Å²) < 4.78 is 4.11. The maximum Gasteiger partial charge on any atom is 0.281 e. The van der Waals surface area contributed by atoms with E-state index in [1.165, 1.54) is 22.8 Å². The van der Waals surface area contributed by atoms with Crippen LogP contribution in [0, 0.1) is 6.92 Å². The van der Waals surface area contributed by atoms with E-state index in [2.05, 4.69) is 20.0 Å². The van der Waals surface area contributed by atoms with E-state index in [-0.39, 0.29) is 28.4 Å². The van der Waals surface area contributed by atoms with E-state index in [0.29, 0.717) is 16.6 Å². The average Bonchev–Trinajstić information content (AvgIpc) is 2.66. The molecule has 28 heavy (non-hydrogen) atoms. The van der Waals surface area contributed by atoms with Gasteiger partial charge in [-0.1, -0.05) is 29.6 Å². The topological polar surface area (TPSA) is 88.9 Å². The van der Waals surface area contributed by atoms with E-state index in [1.54, 1.807) is 25.4 Å². The smallest absolute Gasteiger partial charge is 0.281 e. The summed E-state index contributed by atoms with van der Waals surface area (Å²) in [4.78, 5) is 33.4. The van der Waals surface area contributed by atoms with Gasteiger partial charge >= 0.3 is 0 Å². The average molecular weight is 418 g/mol. The Balaban J connectivity index is 2.05. The van der Waals surface area contributed by atoms with Crippen molar-refractivity contribution >= 4 is 46.0 Å². The molecular formula is C19H20ClN5O2S. The van der Waals surface area contributed by atoms with Gasteiger partial charge < -0.3 is 9.88 Å². The van der Waals surface area contributed by atoms with Crippen molar-refractivity contribution in [1.29, 1.82) is 0 Å². The zero-order chi connectivity index (χ0) is 20.4. The van der Waals surface area contributed by atoms with Crippen LogP contribution in [0.15, 0.2) is 35.4 Å². The molecule has 0 aliphatic rings. The molecule has 1 atom stereocenters. The summed E-state index contributed by atoms with van der Waals surface area (Å²) in [5.41, 5.74) is 3.09. The van der Waals surface area contributed by atoms with Gasteiger partial charge in [-0.2, -0.15) is 0 Å². The third-order valence-corrected chi connectivity index (χ3v) is 4.90. The molecule has 3 rings (SSSR count). The monoisotopic (exact) mass is 417 g/mol. The number of carbonyl (C=O) groups is 1. The van der Waals surface area contributed by atoms with Crippen molar-refractivity contribution in [3.8, 4) is 0 Å². The Kier molecular flexibility index (Phi) is 5.90. The number of aryl methyl sites for hydroxylation is 2. The lowest BCUT2D eigenvalue weighted by atomic mass is 10.0. The summed E-state index contributed by atoms with van der Waals surface area (Å²) in [6.45, 7) is 3.88. The van der Waals surface area contributed by atoms with E-state index in [0.717, 1.165) is 11.1 Å². The summed E-state index contributed by atoms with van der Waals surface area (Å²) in [6.07, 6.45) is 3.26. The van der Waals surface area contributed by atoms with Gasteiger partial charge in [0.15, 0.2) is 5.69 Å². The van der Waals surface area contributed by atoms with Crippen molar-refractivity contribution in [2.24, 2.45) is 7.05 Å². The molecule has 2 aromatic heterocycles. The molecule has 9 heteroatoms. The first-order valence-corrected chi connectivity index (χ1v) is 10.1. The van der Waals surface area contributed by atoms with Crippen molar-refractivity contribution in [2.45, 2.75) is 19.9 Å². The number of halogens is 1. The van der Waals surface area contributed by atoms with Gasteiger partial charge in [-0.05, 0) is 37.6 Å². The Morgan fingerprint density at radius 1 is 1.32 bits per heavy atom. The first-order valence-electron chi connectivity index (χ1n) is 8.54. The summed E-state index contributed by atoms with van der Waals surface area (Å²) >= 11 is 7.16. The first-order chi connectivity index (χ1) is 13.3. The number of rotatable bonds is 5. The van der Waals surface area contributed by atoms with Gasteiger partial charge in [-0.25, -0.2) is 9.97 Å². The molecule has 2 heterocycles. The van der Waals surface area contributed by atoms with Crippen LogP contribution in [-0.2, 0) is 7.05 Å². The molecule has 3 aromatic rings. The number of hydrogen-bond acceptors (Lipinski definition) is 6. The second-order valence-corrected chi connectivity index (χ2v) is 7.44. The van der Waals surface area contributed by atoms with Gasteiger partial charge in [0, 0.05) is 18.9 Å². The number of pyridine rings is 1. The van der Waals surface area contributed by atoms with Gasteiger partial charge in [0.25, 0.3) is 11.5 Å². The normalized spacial score (nSPS) is 12.0. The lowest BCUT2D eigenvalue weighted by Crippen LogP contribution is -2.21. The van der Waals surface area contributed by atoms with Gasteiger partial charge in [0.05, 0.1) is 29.0 Å². The molecule has 0 radical (unpaired) electrons. The second kappa shape index (κ2) is 8.20. The molecule has 1 amide bonds. The highest BCUT2D eigenvalue weighted by Crippen LogP contribution is 2.27. The van der Waals surface area contributed by atoms with Gasteiger partial charge in [0.2, 0.25) is 0 Å². The summed E-state index contributed by atoms with van der Waals surface area (Å²) in [6, 6.07) is 6.92. The highest BCUT2D eigenvalue weighted by molar-refractivity contribution is 7.97. The van der Waals surface area contributed by atoms with Gasteiger partial charge in [0.1, 0.15) is 5.15 Å². The van der Waals surface area contributed by atoms with Crippen LogP contribution in [0.1, 0.15) is 34.6 Å². The Morgan fingerprint density at radius 2 is 2.07 bits per heavy atom. The Bertz CT molecular complexity index is 1120. The predicted molar refractivity (Wildman–Crippen MR) is 114 cm³/mol. The molecule has 0 saturated carbocycles. The highest BCUT2D eigenvalue weighted by atomic mass is 35.5. The second-order valence-electron chi connectivity index (χ2n) is 6.44. The number of nitrogens with one attached hydrogen (secondary N) is 2. The van der Waals surface area contributed by atoms with E-state index < -0.39 is 0 Å². The number of hydrogen-bond donors (Lipinski definition) is 2. The zero-order valence-corrected chi connectivity index (χ0v) is 17.5. The Labute approximate surface area is 171 Å². The lowest BCUT2D eigenvalue weighted by Gasteiger charge is -2.19. The van der Waals surface area contributed by atoms with E-state index >= 15 is 0 Å². The molecule has 0 aliphatic heterocycles. The number of anilines is 1. The number of amides is 1. The highest BCUT2D eigenvalue weighted by Gasteiger charge is 2.18. The summed E-state index contributed by atoms with van der Waals surface area (Å²) in [5.74, 6) is -0.342. The van der Waals surface area contributed by atoms with Crippen molar-refractivity contribution in [3.05, 3.63) is 62.9 Å². The third-order valence-electron chi connectivity index (χ3n) is 4.30. The SMILES string of the molecule is CSNC(=O)c1nc(Cl)ccc1NC(C)c1cc(C)cc2c(=O)n(C)cnc12. The van der Waals surface area contributed by atoms with E-state index in [9.17, 15) is 9.59 Å². The fourth-order valence-electron chi connectivity index (χ4n) is 3.01. The van der Waals surface area contributed by atoms with Crippen LogP contribution in [0.3, 0.4) is 0 Å². The molecule has 0 fully saturated rings. The van der Waals surface area contributed by atoms with E-state index in [1.807, 2.05) is 26.0 Å². The van der Waals surface area contributed by atoms with Crippen LogP contribution in [0.2, 0.25) is 5.15 Å². The van der Waals surface area contributed by atoms with Gasteiger partial charge in [-0.15, -0.1) is 0 Å². The molecule has 0 bridgehead atoms. The van der Waals surface area contributed by atoms with Crippen molar-refractivity contribution < 1.29 is 4.79 Å². The standard InChI is InChI=1S/C19H20ClN5O2S/c1-10-7-12(16-13(8-10)19(27)25(3)9-21-16)11(2)22-14-5-6-15(20)23-17(14)18(26)24-28-4/h5-9,11,22H,1-4H3,(H,24,26). The first kappa shape index (κ1) is 20.2. The van der Waals surface area contributed by atoms with Crippen molar-refractivity contribution in [3.63, 3.8) is 0 Å². The summed E-state index contributed by atoms with van der Waals surface area (Å²) in [5, 5.41) is 4.10. The van der Waals surface area contributed by atoms with Crippen molar-refractivity contribution in [1.82, 2.24) is 19.3 Å². The fourth-order valence-corrected chi connectivity index (χ4v) is 3.44. The largest absolute Gasteiger partial charge is 0.377 e. The van der Waals surface area contributed by atoms with E-state index in [4.69, 9.17) is 11.6 Å². The van der Waals surface area contributed by atoms with Crippen molar-refractivity contribution in [2.75, 3.05) is 11.6 Å². The Hall–Kier alpha value is -2.58. The fraction of sp³-hybridized carbons (Fsp3) is 0.263. The van der Waals surface area contributed by atoms with Crippen LogP contribution in [0.5, 0.6) is 0 Å². The minimum atomic E-state index is -0.342. The minimum absolute atomic E-state index is 0.102. The van der Waals surface area contributed by atoms with Gasteiger partial charge in [-0.3, -0.25) is 14.3 Å². The quantitative estimate of drug-likeness (QED) is 0.488. The number of fused-ring (bicyclic) bond motifs is 1. The van der Waals surface area contributed by atoms with Crippen LogP contribution >= 0.6 is 23.5 Å². The lowest BCUT2D eigenvalue weighted by molar-refractivity contribution is 0.0980. The molecule has 2 N–H and O–H groups in total. The van der Waals surface area contributed by atoms with Crippen LogP contribution in [0.4, 0.5) is 5.69 Å². The molecule has 0 aliphatic carbocycles. The number of benzene rings is 1. The molecule has 0 spiro atoms. The number of nitrogens with zero attached hydrogens (tertiary/aromatic N) is 3. The van der Waals surface area contributed by atoms with Crippen LogP contribution in [-0.4, -0.2) is 26.7 Å². The molecule has 0 saturated heterocycles. The number of aromatic nitrogens is 3. The molecule has 1 unspecified atom stereocenters. The molecule has 7 nitrogen and oxygen atoms in total. The summed E-state index contributed by atoms with van der Waals surface area (Å²) in [7, 11) is 1.68. The Morgan fingerprint density at radius 3 is 2.79 bits per heavy atom. The maximum atomic E-state index is 12.5. The molecular weight excluding hydrogens is 398 g/mol. The third kappa shape index (κ3) is 3.98. The number of carbonyl (C=O) groups excluding carboxylic acids is 1. The predicted octanol–water partition coefficient (Wildman–Crippen LogP) is 3.47. The molecule has 146 valence electrons. The molecule has 1 aromatic carbocycles.